The standard InChI is InChI=1S/C12H12N4O4S/c1-7-3-4-9(16(18)19)5-10(7)13-11(17)6-21-12-15-14-8(2)20-12/h3-5H,6H2,1-2H3,(H,13,17). The van der Waals surface area contributed by atoms with Crippen LogP contribution in [-0.4, -0.2) is 26.8 Å². The number of carbonyl (C=O) groups is 1. The number of aromatic nitrogens is 2. The van der Waals surface area contributed by atoms with E-state index in [2.05, 4.69) is 15.5 Å². The number of nitro benzene ring substituents is 1. The summed E-state index contributed by atoms with van der Waals surface area (Å²) >= 11 is 1.10. The van der Waals surface area contributed by atoms with Crippen molar-refractivity contribution in [1.82, 2.24) is 10.2 Å². The van der Waals surface area contributed by atoms with Crippen molar-refractivity contribution in [3.63, 3.8) is 0 Å². The summed E-state index contributed by atoms with van der Waals surface area (Å²) in [7, 11) is 0. The van der Waals surface area contributed by atoms with Crippen LogP contribution in [0.1, 0.15) is 11.5 Å². The van der Waals surface area contributed by atoms with Gasteiger partial charge in [0.15, 0.2) is 0 Å². The Morgan fingerprint density at radius 3 is 2.81 bits per heavy atom. The van der Waals surface area contributed by atoms with E-state index in [-0.39, 0.29) is 17.3 Å². The number of thioether (sulfide) groups is 1. The lowest BCUT2D eigenvalue weighted by atomic mass is 10.2. The lowest BCUT2D eigenvalue weighted by Crippen LogP contribution is -2.15. The normalized spacial score (nSPS) is 10.4. The van der Waals surface area contributed by atoms with Gasteiger partial charge in [-0.2, -0.15) is 0 Å². The van der Waals surface area contributed by atoms with E-state index in [1.54, 1.807) is 19.9 Å². The van der Waals surface area contributed by atoms with Gasteiger partial charge in [0.2, 0.25) is 11.8 Å². The number of nitrogens with one attached hydrogen (secondary N) is 1. The Balaban J connectivity index is 1.99. The number of non-ortho nitro benzene ring substituents is 1. The summed E-state index contributed by atoms with van der Waals surface area (Å²) in [6.45, 7) is 3.41. The Hall–Kier alpha value is -2.42. The van der Waals surface area contributed by atoms with Gasteiger partial charge in [-0.1, -0.05) is 17.8 Å². The van der Waals surface area contributed by atoms with Crippen molar-refractivity contribution in [3.05, 3.63) is 39.8 Å². The van der Waals surface area contributed by atoms with Crippen molar-refractivity contribution >= 4 is 29.0 Å². The Kier molecular flexibility index (Phi) is 4.53. The maximum atomic E-state index is 11.8. The van der Waals surface area contributed by atoms with Crippen LogP contribution in [0.2, 0.25) is 0 Å². The second-order valence-corrected chi connectivity index (χ2v) is 5.11. The fourth-order valence-corrected chi connectivity index (χ4v) is 2.11. The Morgan fingerprint density at radius 1 is 1.43 bits per heavy atom. The molecule has 21 heavy (non-hydrogen) atoms. The Bertz CT molecular complexity index is 686. The van der Waals surface area contributed by atoms with Gasteiger partial charge in [0.1, 0.15) is 0 Å². The first kappa shape index (κ1) is 15.0. The number of hydrogen-bond donors (Lipinski definition) is 1. The average Bonchev–Trinajstić information content (AvgIpc) is 2.84. The molecule has 0 atom stereocenters. The van der Waals surface area contributed by atoms with Crippen LogP contribution in [0.5, 0.6) is 0 Å². The third-order valence-corrected chi connectivity index (χ3v) is 3.36. The zero-order valence-corrected chi connectivity index (χ0v) is 12.1. The van der Waals surface area contributed by atoms with E-state index in [9.17, 15) is 14.9 Å². The summed E-state index contributed by atoms with van der Waals surface area (Å²) in [6.07, 6.45) is 0. The molecule has 1 aromatic carbocycles. The number of anilines is 1. The molecule has 0 aliphatic rings. The summed E-state index contributed by atoms with van der Waals surface area (Å²) in [5.41, 5.74) is 1.08. The number of benzene rings is 1. The predicted octanol–water partition coefficient (Wildman–Crippen LogP) is 2.33. The molecule has 1 heterocycles. The van der Waals surface area contributed by atoms with Crippen molar-refractivity contribution in [1.29, 1.82) is 0 Å². The Labute approximate surface area is 124 Å². The quantitative estimate of drug-likeness (QED) is 0.512. The van der Waals surface area contributed by atoms with Gasteiger partial charge in [0, 0.05) is 19.1 Å². The molecule has 0 saturated heterocycles. The molecule has 1 aromatic heterocycles. The van der Waals surface area contributed by atoms with Gasteiger partial charge in [-0.25, -0.2) is 0 Å². The predicted molar refractivity (Wildman–Crippen MR) is 76.2 cm³/mol. The maximum Gasteiger partial charge on any atom is 0.277 e. The molecule has 110 valence electrons. The number of amides is 1. The van der Waals surface area contributed by atoms with E-state index in [1.165, 1.54) is 12.1 Å². The minimum Gasteiger partial charge on any atom is -0.416 e. The zero-order chi connectivity index (χ0) is 15.4. The van der Waals surface area contributed by atoms with Crippen molar-refractivity contribution in [3.8, 4) is 0 Å². The molecule has 9 heteroatoms. The molecule has 0 aliphatic carbocycles. The van der Waals surface area contributed by atoms with Crippen molar-refractivity contribution < 1.29 is 14.1 Å². The molecule has 0 saturated carbocycles. The fraction of sp³-hybridized carbons (Fsp3) is 0.250. The summed E-state index contributed by atoms with van der Waals surface area (Å²) < 4.78 is 5.13. The first-order valence-corrected chi connectivity index (χ1v) is 6.92. The smallest absolute Gasteiger partial charge is 0.277 e. The lowest BCUT2D eigenvalue weighted by molar-refractivity contribution is -0.384. The number of nitrogens with zero attached hydrogens (tertiary/aromatic N) is 3. The highest BCUT2D eigenvalue weighted by Crippen LogP contribution is 2.22. The van der Waals surface area contributed by atoms with E-state index >= 15 is 0 Å². The van der Waals surface area contributed by atoms with Crippen LogP contribution >= 0.6 is 11.8 Å². The molecule has 0 unspecified atom stereocenters. The first-order valence-electron chi connectivity index (χ1n) is 5.93. The van der Waals surface area contributed by atoms with Crippen molar-refractivity contribution in [2.45, 2.75) is 19.1 Å². The average molecular weight is 308 g/mol. The molecule has 1 amide bonds. The molecular weight excluding hydrogens is 296 g/mol. The molecule has 0 spiro atoms. The van der Waals surface area contributed by atoms with E-state index in [4.69, 9.17) is 4.42 Å². The van der Waals surface area contributed by atoms with Crippen LogP contribution in [0, 0.1) is 24.0 Å². The van der Waals surface area contributed by atoms with Gasteiger partial charge in [0.05, 0.1) is 16.4 Å². The Morgan fingerprint density at radius 2 is 2.19 bits per heavy atom. The highest BCUT2D eigenvalue weighted by atomic mass is 32.2. The second-order valence-electron chi connectivity index (χ2n) is 4.18. The molecule has 2 rings (SSSR count). The molecule has 1 N–H and O–H groups in total. The van der Waals surface area contributed by atoms with E-state index < -0.39 is 4.92 Å². The second kappa shape index (κ2) is 6.35. The van der Waals surface area contributed by atoms with Crippen molar-refractivity contribution in [2.75, 3.05) is 11.1 Å². The van der Waals surface area contributed by atoms with E-state index in [0.717, 1.165) is 17.3 Å². The molecule has 2 aromatic rings. The van der Waals surface area contributed by atoms with Crippen LogP contribution in [0.15, 0.2) is 27.8 Å². The molecule has 0 bridgehead atoms. The lowest BCUT2D eigenvalue weighted by Gasteiger charge is -2.07. The summed E-state index contributed by atoms with van der Waals surface area (Å²) in [4.78, 5) is 22.0. The van der Waals surface area contributed by atoms with Gasteiger partial charge < -0.3 is 9.73 Å². The highest BCUT2D eigenvalue weighted by Gasteiger charge is 2.12. The van der Waals surface area contributed by atoms with Crippen LogP contribution < -0.4 is 5.32 Å². The monoisotopic (exact) mass is 308 g/mol. The van der Waals surface area contributed by atoms with Gasteiger partial charge >= 0.3 is 0 Å². The number of hydrogen-bond acceptors (Lipinski definition) is 7. The minimum atomic E-state index is -0.509. The third-order valence-electron chi connectivity index (χ3n) is 2.54. The van der Waals surface area contributed by atoms with Crippen LogP contribution in [-0.2, 0) is 4.79 Å². The first-order chi connectivity index (χ1) is 9.95. The summed E-state index contributed by atoms with van der Waals surface area (Å²) in [5.74, 6) is 0.191. The molecule has 8 nitrogen and oxygen atoms in total. The van der Waals surface area contributed by atoms with Crippen molar-refractivity contribution in [2.24, 2.45) is 0 Å². The van der Waals surface area contributed by atoms with Crippen LogP contribution in [0.4, 0.5) is 11.4 Å². The fourth-order valence-electron chi connectivity index (χ4n) is 1.51. The number of nitro groups is 1. The van der Waals surface area contributed by atoms with Gasteiger partial charge in [-0.15, -0.1) is 10.2 Å². The largest absolute Gasteiger partial charge is 0.416 e. The van der Waals surface area contributed by atoms with Gasteiger partial charge in [-0.3, -0.25) is 14.9 Å². The number of carbonyl (C=O) groups excluding carboxylic acids is 1. The summed E-state index contributed by atoms with van der Waals surface area (Å²) in [6, 6.07) is 4.30. The van der Waals surface area contributed by atoms with E-state index in [0.29, 0.717) is 16.8 Å². The highest BCUT2D eigenvalue weighted by molar-refractivity contribution is 7.99. The van der Waals surface area contributed by atoms with Gasteiger partial charge in [-0.05, 0) is 12.5 Å². The number of aryl methyl sites for hydroxylation is 2. The molecule has 0 radical (unpaired) electrons. The maximum absolute atomic E-state index is 11.8. The zero-order valence-electron chi connectivity index (χ0n) is 11.3. The number of rotatable bonds is 5. The minimum absolute atomic E-state index is 0.0731. The van der Waals surface area contributed by atoms with Gasteiger partial charge in [0.25, 0.3) is 10.9 Å². The molecule has 0 fully saturated rings. The van der Waals surface area contributed by atoms with Crippen LogP contribution in [0.25, 0.3) is 0 Å². The molecule has 0 aliphatic heterocycles. The van der Waals surface area contributed by atoms with Crippen LogP contribution in [0.3, 0.4) is 0 Å². The summed E-state index contributed by atoms with van der Waals surface area (Å²) in [5, 5.41) is 21.1. The topological polar surface area (TPSA) is 111 Å². The molecular formula is C12H12N4O4S. The third kappa shape index (κ3) is 4.02. The SMILES string of the molecule is Cc1nnc(SCC(=O)Nc2cc([N+](=O)[O-])ccc2C)o1. The van der Waals surface area contributed by atoms with E-state index in [1.807, 2.05) is 0 Å².